The molecule has 0 aliphatic heterocycles. The Balaban J connectivity index is 1.67. The average Bonchev–Trinajstić information content (AvgIpc) is 2.70. The van der Waals surface area contributed by atoms with Crippen LogP contribution in [0.25, 0.3) is 22.8 Å². The summed E-state index contributed by atoms with van der Waals surface area (Å²) in [6.45, 7) is 2.16. The highest BCUT2D eigenvalue weighted by Crippen LogP contribution is 2.35. The van der Waals surface area contributed by atoms with Gasteiger partial charge < -0.3 is 0 Å². The molecule has 0 saturated heterocycles. The lowest BCUT2D eigenvalue weighted by Crippen LogP contribution is -2.01. The summed E-state index contributed by atoms with van der Waals surface area (Å²) in [6.07, 6.45) is 5.87. The van der Waals surface area contributed by atoms with E-state index in [1.165, 1.54) is 23.3 Å². The Morgan fingerprint density at radius 3 is 2.21 bits per heavy atom. The molecule has 0 heterocycles. The van der Waals surface area contributed by atoms with E-state index in [2.05, 4.69) is 31.2 Å². The Labute approximate surface area is 163 Å². The number of aryl methyl sites for hydroxylation is 2. The lowest BCUT2D eigenvalue weighted by molar-refractivity contribution is 0.509. The summed E-state index contributed by atoms with van der Waals surface area (Å²) in [4.78, 5) is 0. The van der Waals surface area contributed by atoms with Crippen LogP contribution in [-0.2, 0) is 12.8 Å². The van der Waals surface area contributed by atoms with Crippen LogP contribution < -0.4 is 0 Å². The molecule has 0 spiro atoms. The number of hydrogen-bond acceptors (Lipinski definition) is 0. The van der Waals surface area contributed by atoms with Gasteiger partial charge in [0.05, 0.1) is 0 Å². The SMILES string of the molecule is CCCc1ccc(C2=Cc3cc(F)c(-c4ccc(F)c(F)c4)cc3CC2)cc1. The van der Waals surface area contributed by atoms with Gasteiger partial charge in [0.25, 0.3) is 0 Å². The van der Waals surface area contributed by atoms with Crippen LogP contribution in [-0.4, -0.2) is 0 Å². The summed E-state index contributed by atoms with van der Waals surface area (Å²) < 4.78 is 41.4. The topological polar surface area (TPSA) is 0 Å². The maximum Gasteiger partial charge on any atom is 0.159 e. The minimum Gasteiger partial charge on any atom is -0.206 e. The van der Waals surface area contributed by atoms with Gasteiger partial charge in [0.1, 0.15) is 5.82 Å². The lowest BCUT2D eigenvalue weighted by atomic mass is 9.86. The van der Waals surface area contributed by atoms with Crippen molar-refractivity contribution >= 4 is 11.6 Å². The molecule has 28 heavy (non-hydrogen) atoms. The van der Waals surface area contributed by atoms with E-state index in [9.17, 15) is 13.2 Å². The zero-order valence-corrected chi connectivity index (χ0v) is 15.7. The van der Waals surface area contributed by atoms with E-state index in [0.29, 0.717) is 11.1 Å². The van der Waals surface area contributed by atoms with Crippen molar-refractivity contribution in [2.24, 2.45) is 0 Å². The number of halogens is 3. The summed E-state index contributed by atoms with van der Waals surface area (Å²) in [5, 5.41) is 0. The molecule has 3 aromatic carbocycles. The molecule has 4 rings (SSSR count). The summed E-state index contributed by atoms with van der Waals surface area (Å²) >= 11 is 0. The molecule has 0 atom stereocenters. The molecule has 0 fully saturated rings. The van der Waals surface area contributed by atoms with Crippen molar-refractivity contribution in [1.82, 2.24) is 0 Å². The average molecular weight is 378 g/mol. The zero-order valence-electron chi connectivity index (χ0n) is 15.7. The van der Waals surface area contributed by atoms with Gasteiger partial charge >= 0.3 is 0 Å². The minimum absolute atomic E-state index is 0.304. The maximum absolute atomic E-state index is 14.7. The lowest BCUT2D eigenvalue weighted by Gasteiger charge is -2.19. The van der Waals surface area contributed by atoms with Crippen LogP contribution in [0.3, 0.4) is 0 Å². The van der Waals surface area contributed by atoms with Crippen LogP contribution >= 0.6 is 0 Å². The van der Waals surface area contributed by atoms with E-state index in [0.717, 1.165) is 54.5 Å². The van der Waals surface area contributed by atoms with E-state index in [4.69, 9.17) is 0 Å². The van der Waals surface area contributed by atoms with Gasteiger partial charge in [-0.15, -0.1) is 0 Å². The smallest absolute Gasteiger partial charge is 0.159 e. The third-order valence-corrected chi connectivity index (χ3v) is 5.32. The number of allylic oxidation sites excluding steroid dienone is 1. The molecule has 3 aromatic rings. The number of fused-ring (bicyclic) bond motifs is 1. The normalized spacial score (nSPS) is 13.2. The molecule has 0 radical (unpaired) electrons. The van der Waals surface area contributed by atoms with Gasteiger partial charge in [-0.05, 0) is 76.9 Å². The quantitative estimate of drug-likeness (QED) is 0.450. The van der Waals surface area contributed by atoms with E-state index in [1.807, 2.05) is 6.08 Å². The second-order valence-electron chi connectivity index (χ2n) is 7.28. The van der Waals surface area contributed by atoms with E-state index in [-0.39, 0.29) is 0 Å². The van der Waals surface area contributed by atoms with Crippen molar-refractivity contribution in [3.63, 3.8) is 0 Å². The number of rotatable bonds is 4. The second kappa shape index (κ2) is 7.67. The fourth-order valence-electron chi connectivity index (χ4n) is 3.80. The molecule has 0 saturated carbocycles. The Kier molecular flexibility index (Phi) is 5.08. The van der Waals surface area contributed by atoms with Gasteiger partial charge in [-0.2, -0.15) is 0 Å². The molecular weight excluding hydrogens is 357 g/mol. The summed E-state index contributed by atoms with van der Waals surface area (Å²) in [6, 6.07) is 15.3. The summed E-state index contributed by atoms with van der Waals surface area (Å²) in [7, 11) is 0. The Morgan fingerprint density at radius 2 is 1.50 bits per heavy atom. The molecule has 0 bridgehead atoms. The van der Waals surface area contributed by atoms with Crippen LogP contribution in [0, 0.1) is 17.5 Å². The molecule has 1 aliphatic carbocycles. The largest absolute Gasteiger partial charge is 0.206 e. The van der Waals surface area contributed by atoms with Crippen LogP contribution in [0.2, 0.25) is 0 Å². The van der Waals surface area contributed by atoms with Crippen LogP contribution in [0.15, 0.2) is 54.6 Å². The first-order chi connectivity index (χ1) is 13.5. The highest BCUT2D eigenvalue weighted by atomic mass is 19.2. The van der Waals surface area contributed by atoms with Gasteiger partial charge in [-0.1, -0.05) is 49.8 Å². The monoisotopic (exact) mass is 378 g/mol. The van der Waals surface area contributed by atoms with Gasteiger partial charge in [0.15, 0.2) is 11.6 Å². The fraction of sp³-hybridized carbons (Fsp3) is 0.200. The predicted molar refractivity (Wildman–Crippen MR) is 108 cm³/mol. The van der Waals surface area contributed by atoms with Crippen LogP contribution in [0.5, 0.6) is 0 Å². The van der Waals surface area contributed by atoms with Crippen molar-refractivity contribution in [2.45, 2.75) is 32.6 Å². The first kappa shape index (κ1) is 18.5. The van der Waals surface area contributed by atoms with Crippen LogP contribution in [0.4, 0.5) is 13.2 Å². The molecule has 142 valence electrons. The van der Waals surface area contributed by atoms with Crippen molar-refractivity contribution < 1.29 is 13.2 Å². The Morgan fingerprint density at radius 1 is 0.750 bits per heavy atom. The molecule has 0 N–H and O–H groups in total. The van der Waals surface area contributed by atoms with E-state index in [1.54, 1.807) is 6.07 Å². The molecule has 1 aliphatic rings. The molecule has 0 nitrogen and oxygen atoms in total. The van der Waals surface area contributed by atoms with Crippen molar-refractivity contribution in [2.75, 3.05) is 0 Å². The van der Waals surface area contributed by atoms with Crippen molar-refractivity contribution in [1.29, 1.82) is 0 Å². The minimum atomic E-state index is -0.969. The fourth-order valence-corrected chi connectivity index (χ4v) is 3.80. The third kappa shape index (κ3) is 3.62. The van der Waals surface area contributed by atoms with Gasteiger partial charge in [-0.25, -0.2) is 13.2 Å². The maximum atomic E-state index is 14.7. The van der Waals surface area contributed by atoms with Gasteiger partial charge in [-0.3, -0.25) is 0 Å². The van der Waals surface area contributed by atoms with Crippen molar-refractivity contribution in [3.05, 3.63) is 94.3 Å². The van der Waals surface area contributed by atoms with E-state index < -0.39 is 17.5 Å². The molecular formula is C25H21F3. The Bertz CT molecular complexity index is 1050. The van der Waals surface area contributed by atoms with Gasteiger partial charge in [0.2, 0.25) is 0 Å². The van der Waals surface area contributed by atoms with Crippen molar-refractivity contribution in [3.8, 4) is 11.1 Å². The summed E-state index contributed by atoms with van der Waals surface area (Å²) in [5.41, 5.74) is 6.20. The predicted octanol–water partition coefficient (Wildman–Crippen LogP) is 7.21. The molecule has 0 amide bonds. The Hall–Kier alpha value is -2.81. The molecule has 0 aromatic heterocycles. The third-order valence-electron chi connectivity index (χ3n) is 5.32. The first-order valence-electron chi connectivity index (χ1n) is 9.63. The second-order valence-corrected chi connectivity index (χ2v) is 7.28. The van der Waals surface area contributed by atoms with Gasteiger partial charge in [0, 0.05) is 5.56 Å². The molecule has 0 unspecified atom stereocenters. The summed E-state index contributed by atoms with van der Waals surface area (Å²) in [5.74, 6) is -2.33. The first-order valence-corrected chi connectivity index (χ1v) is 9.63. The highest BCUT2D eigenvalue weighted by molar-refractivity contribution is 5.85. The highest BCUT2D eigenvalue weighted by Gasteiger charge is 2.17. The number of hydrogen-bond donors (Lipinski definition) is 0. The van der Waals surface area contributed by atoms with E-state index >= 15 is 0 Å². The number of benzene rings is 3. The molecule has 3 heteroatoms. The standard InChI is InChI=1S/C25H21F3/c1-2-3-16-4-6-17(7-5-16)18-8-9-19-13-22(24(27)15-21(19)12-18)20-10-11-23(26)25(28)14-20/h4-7,10-15H,2-3,8-9H2,1H3. The van der Waals surface area contributed by atoms with Crippen LogP contribution in [0.1, 0.15) is 42.0 Å². The zero-order chi connectivity index (χ0) is 19.7.